The van der Waals surface area contributed by atoms with Crippen LogP contribution in [0.1, 0.15) is 0 Å². The molecule has 0 aromatic heterocycles. The van der Waals surface area contributed by atoms with Crippen molar-refractivity contribution in [3.05, 3.63) is 0 Å². The zero-order valence-corrected chi connectivity index (χ0v) is 7.12. The molecule has 0 unspecified atom stereocenters. The van der Waals surface area contributed by atoms with E-state index in [0.717, 1.165) is 11.8 Å². The van der Waals surface area contributed by atoms with Crippen molar-refractivity contribution >= 4 is 33.2 Å². The molecule has 6 nitrogen and oxygen atoms in total. The molecule has 0 radical (unpaired) electrons. The van der Waals surface area contributed by atoms with Gasteiger partial charge >= 0.3 is 16.2 Å². The highest BCUT2D eigenvalue weighted by Gasteiger charge is 2.20. The van der Waals surface area contributed by atoms with Crippen molar-refractivity contribution < 1.29 is 13.2 Å². The number of nitrogens with one attached hydrogen (secondary N) is 2. The van der Waals surface area contributed by atoms with E-state index in [2.05, 4.69) is 9.71 Å². The van der Waals surface area contributed by atoms with Crippen LogP contribution >= 0.6 is 11.8 Å². The minimum atomic E-state index is -3.79. The van der Waals surface area contributed by atoms with Crippen LogP contribution in [0.25, 0.3) is 0 Å². The first-order chi connectivity index (χ1) is 5.03. The number of nitrogens with zero attached hydrogens (tertiary/aromatic N) is 1. The summed E-state index contributed by atoms with van der Waals surface area (Å²) in [5.41, 5.74) is 0. The Hall–Kier alpha value is -0.760. The van der Waals surface area contributed by atoms with Gasteiger partial charge < -0.3 is 0 Å². The van der Waals surface area contributed by atoms with E-state index in [1.165, 1.54) is 0 Å². The maximum atomic E-state index is 10.7. The molecule has 8 heteroatoms. The van der Waals surface area contributed by atoms with E-state index in [1.807, 2.05) is 0 Å². The maximum Gasteiger partial charge on any atom is 0.348 e. The van der Waals surface area contributed by atoms with Gasteiger partial charge in [0.15, 0.2) is 5.17 Å². The van der Waals surface area contributed by atoms with Crippen molar-refractivity contribution in [2.45, 2.75) is 0 Å². The third-order valence-corrected chi connectivity index (χ3v) is 2.40. The summed E-state index contributed by atoms with van der Waals surface area (Å²) in [5, 5.41) is 2.28. The van der Waals surface area contributed by atoms with Gasteiger partial charge in [-0.2, -0.15) is 8.42 Å². The van der Waals surface area contributed by atoms with Gasteiger partial charge in [0.05, 0.1) is 0 Å². The van der Waals surface area contributed by atoms with Gasteiger partial charge in [0.2, 0.25) is 0 Å². The number of rotatable bonds is 0. The molecule has 0 saturated heterocycles. The van der Waals surface area contributed by atoms with Gasteiger partial charge in [0.25, 0.3) is 0 Å². The van der Waals surface area contributed by atoms with E-state index in [0.29, 0.717) is 0 Å². The van der Waals surface area contributed by atoms with Crippen molar-refractivity contribution in [3.8, 4) is 0 Å². The molecule has 0 fully saturated rings. The molecule has 1 aliphatic rings. The third-order valence-electron chi connectivity index (χ3n) is 0.839. The summed E-state index contributed by atoms with van der Waals surface area (Å²) in [4.78, 5) is 10.6. The Kier molecular flexibility index (Phi) is 2.05. The highest BCUT2D eigenvalue weighted by molar-refractivity contribution is 8.14. The number of hydrogen-bond acceptors (Lipinski definition) is 4. The van der Waals surface area contributed by atoms with Crippen LogP contribution in [-0.2, 0) is 10.2 Å². The molecule has 1 aliphatic heterocycles. The van der Waals surface area contributed by atoms with E-state index in [4.69, 9.17) is 0 Å². The smallest absolute Gasteiger partial charge is 0.285 e. The summed E-state index contributed by atoms with van der Waals surface area (Å²) in [6.07, 6.45) is 1.61. The van der Waals surface area contributed by atoms with Crippen LogP contribution in [0.3, 0.4) is 0 Å². The summed E-state index contributed by atoms with van der Waals surface area (Å²) in [6.45, 7) is 0. The Morgan fingerprint density at radius 3 is 2.64 bits per heavy atom. The molecule has 0 aromatic rings. The summed E-state index contributed by atoms with van der Waals surface area (Å²) in [7, 11) is -3.79. The molecule has 0 aromatic carbocycles. The number of hydrogen-bond donors (Lipinski definition) is 2. The summed E-state index contributed by atoms with van der Waals surface area (Å²) < 4.78 is 26.1. The largest absolute Gasteiger partial charge is 0.348 e. The SMILES string of the molecule is CSC1=NS(=O)(=O)NC(=O)N1. The molecule has 1 heterocycles. The lowest BCUT2D eigenvalue weighted by molar-refractivity contribution is 0.250. The highest BCUT2D eigenvalue weighted by Crippen LogP contribution is 2.02. The molecule has 11 heavy (non-hydrogen) atoms. The predicted molar refractivity (Wildman–Crippen MR) is 41.5 cm³/mol. The number of carbonyl (C=O) groups excluding carboxylic acids is 1. The molecule has 2 amide bonds. The first-order valence-corrected chi connectivity index (χ1v) is 5.17. The summed E-state index contributed by atoms with van der Waals surface area (Å²) >= 11 is 1.05. The second-order valence-corrected chi connectivity index (χ2v) is 3.76. The first-order valence-electron chi connectivity index (χ1n) is 2.51. The normalized spacial score (nSPS) is 21.5. The van der Waals surface area contributed by atoms with E-state index in [1.54, 1.807) is 11.0 Å². The topological polar surface area (TPSA) is 87.6 Å². The zero-order chi connectivity index (χ0) is 8.48. The minimum Gasteiger partial charge on any atom is -0.285 e. The average Bonchev–Trinajstić information content (AvgIpc) is 1.83. The van der Waals surface area contributed by atoms with Gasteiger partial charge in [-0.05, 0) is 6.26 Å². The van der Waals surface area contributed by atoms with Gasteiger partial charge in [-0.15, -0.1) is 4.40 Å². The van der Waals surface area contributed by atoms with Crippen molar-refractivity contribution in [1.82, 2.24) is 10.0 Å². The molecule has 2 N–H and O–H groups in total. The quantitative estimate of drug-likeness (QED) is 0.533. The van der Waals surface area contributed by atoms with Crippen LogP contribution in [0.15, 0.2) is 4.40 Å². The Bertz CT molecular complexity index is 306. The van der Waals surface area contributed by atoms with E-state index < -0.39 is 16.2 Å². The van der Waals surface area contributed by atoms with E-state index >= 15 is 0 Å². The van der Waals surface area contributed by atoms with Gasteiger partial charge in [0.1, 0.15) is 0 Å². The Balaban J connectivity index is 3.01. The summed E-state index contributed by atoms with van der Waals surface area (Å²) in [6, 6.07) is -0.774. The van der Waals surface area contributed by atoms with E-state index in [9.17, 15) is 13.2 Å². The number of amidine groups is 1. The van der Waals surface area contributed by atoms with Crippen molar-refractivity contribution in [3.63, 3.8) is 0 Å². The summed E-state index contributed by atoms with van der Waals surface area (Å²) in [5.74, 6) is 0. The van der Waals surface area contributed by atoms with Crippen molar-refractivity contribution in [2.24, 2.45) is 4.40 Å². The lowest BCUT2D eigenvalue weighted by atomic mass is 11.0. The number of urea groups is 1. The van der Waals surface area contributed by atoms with Gasteiger partial charge in [-0.3, -0.25) is 5.32 Å². The lowest BCUT2D eigenvalue weighted by Crippen LogP contribution is -2.45. The number of carbonyl (C=O) groups is 1. The maximum absolute atomic E-state index is 10.7. The fourth-order valence-corrected chi connectivity index (χ4v) is 1.87. The van der Waals surface area contributed by atoms with Crippen LogP contribution in [0.2, 0.25) is 0 Å². The van der Waals surface area contributed by atoms with Crippen LogP contribution in [0.4, 0.5) is 4.79 Å². The molecule has 0 spiro atoms. The fourth-order valence-electron chi connectivity index (χ4n) is 0.483. The van der Waals surface area contributed by atoms with Crippen molar-refractivity contribution in [1.29, 1.82) is 0 Å². The molecule has 0 saturated carbocycles. The number of amides is 2. The lowest BCUT2D eigenvalue weighted by Gasteiger charge is -2.11. The van der Waals surface area contributed by atoms with Gasteiger partial charge in [-0.25, -0.2) is 9.52 Å². The first kappa shape index (κ1) is 8.34. The number of thioether (sulfide) groups is 1. The Morgan fingerprint density at radius 2 is 2.18 bits per heavy atom. The van der Waals surface area contributed by atoms with Crippen LogP contribution in [0, 0.1) is 0 Å². The molecule has 1 rings (SSSR count). The van der Waals surface area contributed by atoms with Gasteiger partial charge in [0, 0.05) is 0 Å². The predicted octanol–water partition coefficient (Wildman–Crippen LogP) is -0.737. The molecule has 0 aliphatic carbocycles. The van der Waals surface area contributed by atoms with Crippen LogP contribution in [0.5, 0.6) is 0 Å². The van der Waals surface area contributed by atoms with Gasteiger partial charge in [-0.1, -0.05) is 11.8 Å². The molecular weight excluding hydrogens is 190 g/mol. The molecule has 62 valence electrons. The third kappa shape index (κ3) is 2.09. The molecular formula is C3H5N3O3S2. The minimum absolute atomic E-state index is 0.0775. The second-order valence-electron chi connectivity index (χ2n) is 1.63. The highest BCUT2D eigenvalue weighted by atomic mass is 32.2. The van der Waals surface area contributed by atoms with E-state index in [-0.39, 0.29) is 5.17 Å². The average molecular weight is 195 g/mol. The van der Waals surface area contributed by atoms with Crippen LogP contribution in [-0.4, -0.2) is 25.9 Å². The fraction of sp³-hybridized carbons (Fsp3) is 0.333. The Labute approximate surface area is 67.6 Å². The van der Waals surface area contributed by atoms with Crippen LogP contribution < -0.4 is 10.0 Å². The van der Waals surface area contributed by atoms with Crippen molar-refractivity contribution in [2.75, 3.05) is 6.26 Å². The molecule has 0 atom stereocenters. The zero-order valence-electron chi connectivity index (χ0n) is 5.49. The Morgan fingerprint density at radius 1 is 1.55 bits per heavy atom. The molecule has 0 bridgehead atoms. The standard InChI is InChI=1S/C3H5N3O3S2/c1-10-3-4-2(7)5-11(8,9)6-3/h1H3,(H2,4,5,6,7). The second kappa shape index (κ2) is 2.70. The monoisotopic (exact) mass is 195 g/mol.